The van der Waals surface area contributed by atoms with Crippen molar-refractivity contribution in [2.75, 3.05) is 9.80 Å². The Morgan fingerprint density at radius 2 is 0.825 bits per heavy atom. The van der Waals surface area contributed by atoms with E-state index < -0.39 is 0 Å². The van der Waals surface area contributed by atoms with Crippen LogP contribution in [0.3, 0.4) is 0 Å². The molecule has 1 aliphatic rings. The van der Waals surface area contributed by atoms with Crippen molar-refractivity contribution in [1.82, 2.24) is 0 Å². The molecule has 10 rings (SSSR count). The van der Waals surface area contributed by atoms with E-state index in [4.69, 9.17) is 0 Å². The summed E-state index contributed by atoms with van der Waals surface area (Å²) in [6.45, 7) is 23.6. The lowest BCUT2D eigenvalue weighted by Crippen LogP contribution is -2.50. The van der Waals surface area contributed by atoms with Crippen LogP contribution in [0, 0.1) is 38.5 Å². The molecule has 0 atom stereocenters. The predicted octanol–water partition coefficient (Wildman–Crippen LogP) is 17.7. The third-order valence-corrected chi connectivity index (χ3v) is 14.3. The molecule has 2 heteroatoms. The van der Waals surface area contributed by atoms with Crippen LogP contribution in [-0.4, -0.2) is 0 Å². The maximum atomic E-state index is 2.57. The van der Waals surface area contributed by atoms with Crippen LogP contribution in [0.1, 0.15) is 74.9 Å². The van der Waals surface area contributed by atoms with Gasteiger partial charge in [-0.05, 0) is 200 Å². The number of rotatable bonds is 6. The fraction of sp³-hybridized carbons (Fsp3) is 0.213. The minimum Gasteiger partial charge on any atom is -0.310 e. The van der Waals surface area contributed by atoms with Crippen molar-refractivity contribution in [3.8, 4) is 11.1 Å². The summed E-state index contributed by atoms with van der Waals surface area (Å²) in [4.78, 5) is 4.83. The van der Waals surface area contributed by atoms with Gasteiger partial charge in [-0.1, -0.05) is 126 Å². The highest BCUT2D eigenvalue weighted by atomic mass is 15.1. The lowest BCUT2D eigenvalue weighted by Gasteiger charge is -2.53. The summed E-state index contributed by atoms with van der Waals surface area (Å²) in [7, 11) is 0. The normalized spacial score (nSPS) is 13.4. The van der Waals surface area contributed by atoms with Crippen molar-refractivity contribution >= 4 is 66.4 Å². The van der Waals surface area contributed by atoms with Gasteiger partial charge in [0.2, 0.25) is 0 Å². The minimum absolute atomic E-state index is 0.157. The monoisotopic (exact) mass is 818 g/mol. The van der Waals surface area contributed by atoms with Crippen molar-refractivity contribution in [2.24, 2.45) is 10.8 Å². The van der Waals surface area contributed by atoms with Crippen LogP contribution in [0.2, 0.25) is 0 Å². The lowest BCUT2D eigenvalue weighted by molar-refractivity contribution is 0.0965. The van der Waals surface area contributed by atoms with Gasteiger partial charge in [-0.25, -0.2) is 0 Å². The van der Waals surface area contributed by atoms with E-state index in [-0.39, 0.29) is 16.2 Å². The number of hydrogen-bond acceptors (Lipinski definition) is 2. The Bertz CT molecular complexity index is 3220. The fourth-order valence-corrected chi connectivity index (χ4v) is 11.5. The topological polar surface area (TPSA) is 6.48 Å². The molecule has 0 bridgehead atoms. The molecule has 0 saturated heterocycles. The van der Waals surface area contributed by atoms with Gasteiger partial charge >= 0.3 is 0 Å². The molecule has 312 valence electrons. The molecular formula is C61H58N2. The predicted molar refractivity (Wildman–Crippen MR) is 272 cm³/mol. The summed E-state index contributed by atoms with van der Waals surface area (Å²) < 4.78 is 0. The van der Waals surface area contributed by atoms with E-state index >= 15 is 0 Å². The second-order valence-electron chi connectivity index (χ2n) is 20.1. The molecule has 63 heavy (non-hydrogen) atoms. The van der Waals surface area contributed by atoms with Crippen LogP contribution in [0.25, 0.3) is 43.4 Å². The van der Waals surface area contributed by atoms with Crippen molar-refractivity contribution in [1.29, 1.82) is 0 Å². The Hall–Kier alpha value is -6.64. The second-order valence-corrected chi connectivity index (χ2v) is 20.1. The molecule has 0 aromatic heterocycles. The summed E-state index contributed by atoms with van der Waals surface area (Å²) in [5.41, 5.74) is 17.0. The number of para-hydroxylation sites is 2. The molecule has 0 aliphatic heterocycles. The number of benzene rings is 9. The first-order valence-electron chi connectivity index (χ1n) is 22.6. The Morgan fingerprint density at radius 1 is 0.349 bits per heavy atom. The van der Waals surface area contributed by atoms with Gasteiger partial charge in [0.25, 0.3) is 0 Å². The van der Waals surface area contributed by atoms with Gasteiger partial charge in [0.15, 0.2) is 0 Å². The number of fused-ring (bicyclic) bond motifs is 9. The molecule has 0 N–H and O–H groups in total. The molecule has 0 amide bonds. The van der Waals surface area contributed by atoms with Gasteiger partial charge in [0.1, 0.15) is 0 Å². The van der Waals surface area contributed by atoms with Crippen LogP contribution in [0.4, 0.5) is 34.1 Å². The maximum absolute atomic E-state index is 2.57. The van der Waals surface area contributed by atoms with Gasteiger partial charge in [-0.15, -0.1) is 0 Å². The largest absolute Gasteiger partial charge is 0.310 e. The first kappa shape index (κ1) is 40.4. The zero-order valence-corrected chi connectivity index (χ0v) is 38.6. The van der Waals surface area contributed by atoms with E-state index in [9.17, 15) is 0 Å². The smallest absolute Gasteiger partial charge is 0.0468 e. The van der Waals surface area contributed by atoms with E-state index in [1.807, 2.05) is 0 Å². The SMILES string of the molecule is Cc1ccc(N(c2ccccc2)c2ccc3cc4c(cc3c2)C(C(C)(C)C)(C(C)(C)C)c2c-4c3ccccc3c3cc(N(c4ccccc4)c4ccc(C)c(C)c4)ccc23)cc1C. The lowest BCUT2D eigenvalue weighted by atomic mass is 9.49. The van der Waals surface area contributed by atoms with Gasteiger partial charge < -0.3 is 9.80 Å². The minimum atomic E-state index is -0.348. The molecular weight excluding hydrogens is 761 g/mol. The average Bonchev–Trinajstić information content (AvgIpc) is 3.58. The molecule has 0 spiro atoms. The number of hydrogen-bond donors (Lipinski definition) is 0. The van der Waals surface area contributed by atoms with E-state index in [1.165, 1.54) is 76.8 Å². The highest BCUT2D eigenvalue weighted by Crippen LogP contribution is 2.68. The molecule has 2 nitrogen and oxygen atoms in total. The standard InChI is InChI=1S/C61H58N2/c1-39-25-28-47(33-41(39)3)62(45-19-13-11-14-20-45)49-30-27-43-36-55-56(37-44(43)35-49)61(59(5,6)7,60(8,9)10)58-53-32-31-50(38-54(53)51-23-17-18-24-52(51)57(55)58)63(46-21-15-12-16-22-46)48-29-26-40(2)42(4)34-48/h11-38H,1-10H3. The Labute approximate surface area is 374 Å². The Morgan fingerprint density at radius 3 is 1.37 bits per heavy atom. The van der Waals surface area contributed by atoms with Crippen LogP contribution in [0.15, 0.2) is 170 Å². The molecule has 0 unspecified atom stereocenters. The summed E-state index contributed by atoms with van der Waals surface area (Å²) in [6, 6.07) is 63.9. The van der Waals surface area contributed by atoms with E-state index in [1.54, 1.807) is 0 Å². The van der Waals surface area contributed by atoms with Gasteiger partial charge in [0.05, 0.1) is 0 Å². The summed E-state index contributed by atoms with van der Waals surface area (Å²) >= 11 is 0. The first-order valence-corrected chi connectivity index (χ1v) is 22.6. The second kappa shape index (κ2) is 14.7. The molecule has 0 saturated carbocycles. The average molecular weight is 819 g/mol. The molecule has 1 aliphatic carbocycles. The van der Waals surface area contributed by atoms with Gasteiger partial charge in [0, 0.05) is 39.5 Å². The maximum Gasteiger partial charge on any atom is 0.0468 e. The van der Waals surface area contributed by atoms with Crippen LogP contribution in [0.5, 0.6) is 0 Å². The summed E-state index contributed by atoms with van der Waals surface area (Å²) in [5.74, 6) is 0. The van der Waals surface area contributed by atoms with Crippen LogP contribution >= 0.6 is 0 Å². The highest BCUT2D eigenvalue weighted by Gasteiger charge is 2.58. The molecule has 0 heterocycles. The zero-order valence-electron chi connectivity index (χ0n) is 38.6. The van der Waals surface area contributed by atoms with E-state index in [0.29, 0.717) is 0 Å². The quantitative estimate of drug-likeness (QED) is 0.154. The fourth-order valence-electron chi connectivity index (χ4n) is 11.5. The molecule has 9 aromatic carbocycles. The third kappa shape index (κ3) is 6.29. The Balaban J connectivity index is 1.25. The molecule has 0 fully saturated rings. The number of nitrogens with zero attached hydrogens (tertiary/aromatic N) is 2. The highest BCUT2D eigenvalue weighted by molar-refractivity contribution is 6.20. The van der Waals surface area contributed by atoms with Crippen molar-refractivity contribution in [3.63, 3.8) is 0 Å². The van der Waals surface area contributed by atoms with Crippen molar-refractivity contribution in [2.45, 2.75) is 74.7 Å². The van der Waals surface area contributed by atoms with E-state index in [2.05, 4.69) is 249 Å². The molecule has 9 aromatic rings. The molecule has 0 radical (unpaired) electrons. The number of anilines is 6. The Kier molecular flexibility index (Phi) is 9.46. The third-order valence-electron chi connectivity index (χ3n) is 14.3. The summed E-state index contributed by atoms with van der Waals surface area (Å²) in [5, 5.41) is 7.72. The number of aryl methyl sites for hydroxylation is 4. The van der Waals surface area contributed by atoms with Crippen molar-refractivity contribution < 1.29 is 0 Å². The summed E-state index contributed by atoms with van der Waals surface area (Å²) in [6.07, 6.45) is 0. The van der Waals surface area contributed by atoms with Crippen LogP contribution in [-0.2, 0) is 5.41 Å². The van der Waals surface area contributed by atoms with Crippen LogP contribution < -0.4 is 9.80 Å². The van der Waals surface area contributed by atoms with E-state index in [0.717, 1.165) is 34.1 Å². The van der Waals surface area contributed by atoms with Crippen molar-refractivity contribution in [3.05, 3.63) is 203 Å². The van der Waals surface area contributed by atoms with Gasteiger partial charge in [-0.3, -0.25) is 0 Å². The zero-order chi connectivity index (χ0) is 44.0. The first-order chi connectivity index (χ1) is 30.2. The van der Waals surface area contributed by atoms with Gasteiger partial charge in [-0.2, -0.15) is 0 Å².